The Morgan fingerprint density at radius 3 is 2.27 bits per heavy atom. The zero-order valence-electron chi connectivity index (χ0n) is 22.5. The minimum absolute atomic E-state index is 0.128. The molecule has 4 aromatic rings. The van der Waals surface area contributed by atoms with Crippen LogP contribution in [-0.2, 0) is 16.8 Å². The maximum atomic E-state index is 13.1. The summed E-state index contributed by atoms with van der Waals surface area (Å²) in [5, 5.41) is 9.05. The number of aromatic nitrogens is 3. The predicted molar refractivity (Wildman–Crippen MR) is 151 cm³/mol. The fourth-order valence-corrected chi connectivity index (χ4v) is 3.97. The van der Waals surface area contributed by atoms with Crippen LogP contribution in [0.3, 0.4) is 0 Å². The zero-order valence-corrected chi connectivity index (χ0v) is 22.5. The highest BCUT2D eigenvalue weighted by atomic mass is 16.5. The molecule has 40 heavy (non-hydrogen) atoms. The number of rotatable bonds is 10. The fourth-order valence-electron chi connectivity index (χ4n) is 3.97. The molecule has 0 atom stereocenters. The number of nitrogens with zero attached hydrogens (tertiary/aromatic N) is 3. The summed E-state index contributed by atoms with van der Waals surface area (Å²) in [4.78, 5) is 50.7. The molecule has 0 spiro atoms. The number of carbonyl (C=O) groups excluding carboxylic acids is 3. The monoisotopic (exact) mass is 538 g/mol. The number of pyridine rings is 3. The summed E-state index contributed by atoms with van der Waals surface area (Å²) in [6.07, 6.45) is 7.82. The van der Waals surface area contributed by atoms with E-state index >= 15 is 0 Å². The van der Waals surface area contributed by atoms with Crippen molar-refractivity contribution in [2.24, 2.45) is 0 Å². The third-order valence-corrected chi connectivity index (χ3v) is 6.11. The molecule has 0 fully saturated rings. The van der Waals surface area contributed by atoms with Gasteiger partial charge in [0.05, 0.1) is 28.8 Å². The van der Waals surface area contributed by atoms with E-state index in [1.807, 2.05) is 38.1 Å². The summed E-state index contributed by atoms with van der Waals surface area (Å²) >= 11 is 0. The molecular formula is C30H30N6O4. The number of esters is 1. The third-order valence-electron chi connectivity index (χ3n) is 6.11. The number of nitrogens with one attached hydrogen (secondary N) is 3. The SMILES string of the molecule is CCOC(=O)c1ccncc1C(=O)NC(C)(C)c1ccc(NC(=O)c2cccnc2NCc2ccncc2)cc1. The smallest absolute Gasteiger partial charge is 0.339 e. The molecule has 10 heteroatoms. The molecule has 204 valence electrons. The second kappa shape index (κ2) is 12.6. The molecule has 0 bridgehead atoms. The molecule has 0 aliphatic carbocycles. The Bertz CT molecular complexity index is 1490. The lowest BCUT2D eigenvalue weighted by molar-refractivity contribution is 0.0521. The molecule has 0 saturated heterocycles. The van der Waals surface area contributed by atoms with Gasteiger partial charge in [-0.2, -0.15) is 0 Å². The van der Waals surface area contributed by atoms with E-state index < -0.39 is 17.4 Å². The summed E-state index contributed by atoms with van der Waals surface area (Å²) in [5.41, 5.74) is 2.27. The van der Waals surface area contributed by atoms with Gasteiger partial charge in [-0.15, -0.1) is 0 Å². The van der Waals surface area contributed by atoms with Gasteiger partial charge in [0.15, 0.2) is 0 Å². The van der Waals surface area contributed by atoms with Crippen molar-refractivity contribution in [2.45, 2.75) is 32.9 Å². The number of anilines is 2. The lowest BCUT2D eigenvalue weighted by Crippen LogP contribution is -2.41. The van der Waals surface area contributed by atoms with Crippen LogP contribution in [0.25, 0.3) is 0 Å². The molecule has 3 aromatic heterocycles. The van der Waals surface area contributed by atoms with Crippen LogP contribution >= 0.6 is 0 Å². The summed E-state index contributed by atoms with van der Waals surface area (Å²) in [6.45, 7) is 6.08. The summed E-state index contributed by atoms with van der Waals surface area (Å²) < 4.78 is 5.06. The third kappa shape index (κ3) is 6.84. The molecule has 0 unspecified atom stereocenters. The Labute approximate surface area is 232 Å². The Hall–Kier alpha value is -5.12. The van der Waals surface area contributed by atoms with Crippen LogP contribution in [0, 0.1) is 0 Å². The number of benzene rings is 1. The van der Waals surface area contributed by atoms with E-state index in [0.29, 0.717) is 23.6 Å². The molecule has 4 rings (SSSR count). The lowest BCUT2D eigenvalue weighted by Gasteiger charge is -2.27. The van der Waals surface area contributed by atoms with E-state index in [9.17, 15) is 14.4 Å². The first-order chi connectivity index (χ1) is 19.3. The van der Waals surface area contributed by atoms with Crippen LogP contribution in [0.1, 0.15) is 63.0 Å². The Balaban J connectivity index is 1.43. The molecule has 0 aliphatic rings. The minimum atomic E-state index is -0.797. The van der Waals surface area contributed by atoms with Crippen molar-refractivity contribution < 1.29 is 19.1 Å². The normalized spacial score (nSPS) is 10.9. The Kier molecular flexibility index (Phi) is 8.80. The average Bonchev–Trinajstić information content (AvgIpc) is 2.97. The highest BCUT2D eigenvalue weighted by molar-refractivity contribution is 6.07. The summed E-state index contributed by atoms with van der Waals surface area (Å²) in [7, 11) is 0. The van der Waals surface area contributed by atoms with Gasteiger partial charge < -0.3 is 20.7 Å². The maximum absolute atomic E-state index is 13.1. The van der Waals surface area contributed by atoms with Gasteiger partial charge >= 0.3 is 5.97 Å². The first-order valence-electron chi connectivity index (χ1n) is 12.7. The van der Waals surface area contributed by atoms with Crippen LogP contribution in [0.15, 0.2) is 85.6 Å². The van der Waals surface area contributed by atoms with E-state index in [-0.39, 0.29) is 23.6 Å². The molecule has 2 amide bonds. The maximum Gasteiger partial charge on any atom is 0.339 e. The largest absolute Gasteiger partial charge is 0.462 e. The van der Waals surface area contributed by atoms with Crippen molar-refractivity contribution in [1.29, 1.82) is 0 Å². The highest BCUT2D eigenvalue weighted by Crippen LogP contribution is 2.24. The first kappa shape index (κ1) is 27.9. The molecule has 0 saturated carbocycles. The molecule has 0 aliphatic heterocycles. The lowest BCUT2D eigenvalue weighted by atomic mass is 9.93. The van der Waals surface area contributed by atoms with Gasteiger partial charge in [0.1, 0.15) is 5.82 Å². The van der Waals surface area contributed by atoms with E-state index in [4.69, 9.17) is 4.74 Å². The van der Waals surface area contributed by atoms with Gasteiger partial charge in [-0.05, 0) is 74.4 Å². The van der Waals surface area contributed by atoms with Gasteiger partial charge in [0.2, 0.25) is 0 Å². The van der Waals surface area contributed by atoms with E-state index in [1.54, 1.807) is 49.8 Å². The fraction of sp³-hybridized carbons (Fsp3) is 0.200. The predicted octanol–water partition coefficient (Wildman–Crippen LogP) is 4.58. The van der Waals surface area contributed by atoms with Crippen LogP contribution < -0.4 is 16.0 Å². The molecule has 1 aromatic carbocycles. The molecule has 3 heterocycles. The number of ether oxygens (including phenoxy) is 1. The van der Waals surface area contributed by atoms with Crippen LogP contribution in [0.4, 0.5) is 11.5 Å². The van der Waals surface area contributed by atoms with Crippen LogP contribution in [-0.4, -0.2) is 39.3 Å². The van der Waals surface area contributed by atoms with Gasteiger partial charge in [-0.25, -0.2) is 9.78 Å². The average molecular weight is 539 g/mol. The number of amides is 2. The van der Waals surface area contributed by atoms with Crippen LogP contribution in [0.2, 0.25) is 0 Å². The van der Waals surface area contributed by atoms with Crippen LogP contribution in [0.5, 0.6) is 0 Å². The topological polar surface area (TPSA) is 135 Å². The summed E-state index contributed by atoms with van der Waals surface area (Å²) in [6, 6.07) is 15.8. The molecule has 0 radical (unpaired) electrons. The summed E-state index contributed by atoms with van der Waals surface area (Å²) in [5.74, 6) is -0.886. The van der Waals surface area contributed by atoms with Crippen molar-refractivity contribution >= 4 is 29.3 Å². The molecular weight excluding hydrogens is 508 g/mol. The van der Waals surface area contributed by atoms with Gasteiger partial charge in [-0.3, -0.25) is 19.6 Å². The van der Waals surface area contributed by atoms with Crippen molar-refractivity contribution in [2.75, 3.05) is 17.2 Å². The van der Waals surface area contributed by atoms with Crippen molar-refractivity contribution in [3.63, 3.8) is 0 Å². The second-order valence-corrected chi connectivity index (χ2v) is 9.36. The number of hydrogen-bond acceptors (Lipinski definition) is 8. The van der Waals surface area contributed by atoms with Gasteiger partial charge in [0, 0.05) is 43.2 Å². The highest BCUT2D eigenvalue weighted by Gasteiger charge is 2.26. The first-order valence-corrected chi connectivity index (χ1v) is 12.7. The number of hydrogen-bond donors (Lipinski definition) is 3. The van der Waals surface area contributed by atoms with Crippen molar-refractivity contribution in [3.05, 3.63) is 113 Å². The van der Waals surface area contributed by atoms with E-state index in [2.05, 4.69) is 30.9 Å². The van der Waals surface area contributed by atoms with E-state index in [0.717, 1.165) is 11.1 Å². The molecule has 3 N–H and O–H groups in total. The Morgan fingerprint density at radius 2 is 1.55 bits per heavy atom. The zero-order chi connectivity index (χ0) is 28.5. The van der Waals surface area contributed by atoms with Gasteiger partial charge in [0.25, 0.3) is 11.8 Å². The minimum Gasteiger partial charge on any atom is -0.462 e. The quantitative estimate of drug-likeness (QED) is 0.250. The van der Waals surface area contributed by atoms with Crippen molar-refractivity contribution in [3.8, 4) is 0 Å². The van der Waals surface area contributed by atoms with E-state index in [1.165, 1.54) is 18.5 Å². The number of carbonyl (C=O) groups is 3. The molecule has 10 nitrogen and oxygen atoms in total. The Morgan fingerprint density at radius 1 is 0.825 bits per heavy atom. The van der Waals surface area contributed by atoms with Crippen molar-refractivity contribution in [1.82, 2.24) is 20.3 Å². The second-order valence-electron chi connectivity index (χ2n) is 9.36. The standard InChI is InChI=1S/C30H30N6O4/c1-4-40-29(39)23-13-17-32-19-25(23)28(38)36-30(2,3)21-7-9-22(10-8-21)35-27(37)24-6-5-14-33-26(24)34-18-20-11-15-31-16-12-20/h5-17,19H,4,18H2,1-3H3,(H,33,34)(H,35,37)(H,36,38). The van der Waals surface area contributed by atoms with Gasteiger partial charge in [-0.1, -0.05) is 12.1 Å².